The molecule has 0 amide bonds. The predicted octanol–water partition coefficient (Wildman–Crippen LogP) is 6.36. The molecule has 1 aliphatic rings. The maximum Gasteiger partial charge on any atom is 0.343 e. The number of aromatic amines is 1. The van der Waals surface area contributed by atoms with Crippen molar-refractivity contribution in [2.45, 2.75) is 83.1 Å². The van der Waals surface area contributed by atoms with E-state index in [0.717, 1.165) is 5.56 Å². The molecule has 1 fully saturated rings. The number of carbonyl (C=O) groups excluding carboxylic acids is 1. The Hall–Kier alpha value is -4.87. The second-order valence-corrected chi connectivity index (χ2v) is 15.5. The van der Waals surface area contributed by atoms with Crippen LogP contribution in [0.25, 0.3) is 0 Å². The minimum atomic E-state index is -2.01. The summed E-state index contributed by atoms with van der Waals surface area (Å²) in [6, 6.07) is 26.4. The first kappa shape index (κ1) is 43.3. The van der Waals surface area contributed by atoms with Crippen molar-refractivity contribution in [2.24, 2.45) is 0 Å². The number of nitrogens with zero attached hydrogens (tertiary/aromatic N) is 3. The second-order valence-electron chi connectivity index (χ2n) is 14.1. The van der Waals surface area contributed by atoms with Gasteiger partial charge in [0.15, 0.2) is 0 Å². The third-order valence-electron chi connectivity index (χ3n) is 9.83. The van der Waals surface area contributed by atoms with Crippen molar-refractivity contribution in [1.82, 2.24) is 14.2 Å². The quantitative estimate of drug-likeness (QED) is 0.0513. The second kappa shape index (κ2) is 19.0. The lowest BCUT2D eigenvalue weighted by Gasteiger charge is -2.41. The van der Waals surface area contributed by atoms with Gasteiger partial charge in [0.1, 0.15) is 29.4 Å². The molecule has 1 unspecified atom stereocenters. The molecule has 14 nitrogen and oxygen atoms in total. The minimum absolute atomic E-state index is 0.0439. The van der Waals surface area contributed by atoms with E-state index in [2.05, 4.69) is 11.1 Å². The van der Waals surface area contributed by atoms with E-state index in [4.69, 9.17) is 32.7 Å². The van der Waals surface area contributed by atoms with E-state index in [1.807, 2.05) is 111 Å². The van der Waals surface area contributed by atoms with Gasteiger partial charge in [-0.2, -0.15) is 5.26 Å². The van der Waals surface area contributed by atoms with E-state index >= 15 is 0 Å². The Morgan fingerprint density at radius 1 is 0.947 bits per heavy atom. The van der Waals surface area contributed by atoms with Crippen molar-refractivity contribution in [3.05, 3.63) is 128 Å². The van der Waals surface area contributed by atoms with E-state index in [1.165, 1.54) is 17.9 Å². The number of rotatable bonds is 18. The van der Waals surface area contributed by atoms with E-state index in [9.17, 15) is 19.6 Å². The lowest BCUT2D eigenvalue weighted by molar-refractivity contribution is -0.196. The van der Waals surface area contributed by atoms with Crippen molar-refractivity contribution in [1.29, 1.82) is 5.26 Å². The summed E-state index contributed by atoms with van der Waals surface area (Å²) < 4.78 is 47.0. The van der Waals surface area contributed by atoms with Crippen molar-refractivity contribution >= 4 is 14.5 Å². The molecule has 0 radical (unpaired) electrons. The number of aromatic nitrogens is 2. The summed E-state index contributed by atoms with van der Waals surface area (Å²) in [7, 11) is 2.47. The van der Waals surface area contributed by atoms with Gasteiger partial charge in [0, 0.05) is 30.3 Å². The Morgan fingerprint density at radius 3 is 2.02 bits per heavy atom. The van der Waals surface area contributed by atoms with Gasteiger partial charge in [0.2, 0.25) is 5.60 Å². The van der Waals surface area contributed by atoms with Crippen LogP contribution in [0.1, 0.15) is 69.0 Å². The number of aryl methyl sites for hydroxylation is 1. The molecule has 0 spiro atoms. The van der Waals surface area contributed by atoms with Crippen molar-refractivity contribution in [3.63, 3.8) is 0 Å². The molecular formula is C42H51N4O10P. The average molecular weight is 803 g/mol. The van der Waals surface area contributed by atoms with Gasteiger partial charge in [-0.15, -0.1) is 0 Å². The monoisotopic (exact) mass is 802 g/mol. The van der Waals surface area contributed by atoms with Gasteiger partial charge in [-0.05, 0) is 75.6 Å². The number of esters is 1. The molecule has 1 N–H and O–H groups in total. The van der Waals surface area contributed by atoms with Crippen molar-refractivity contribution in [3.8, 4) is 17.6 Å². The molecule has 5 rings (SSSR count). The van der Waals surface area contributed by atoms with Gasteiger partial charge in [-0.1, -0.05) is 54.6 Å². The fraction of sp³-hybridized carbons (Fsp3) is 0.429. The fourth-order valence-electron chi connectivity index (χ4n) is 7.07. The zero-order valence-corrected chi connectivity index (χ0v) is 34.5. The highest BCUT2D eigenvalue weighted by Gasteiger charge is 2.60. The molecule has 2 heterocycles. The van der Waals surface area contributed by atoms with E-state index in [0.29, 0.717) is 22.6 Å². The van der Waals surface area contributed by atoms with Crippen LogP contribution in [-0.4, -0.2) is 78.5 Å². The topological polar surface area (TPSA) is 164 Å². The summed E-state index contributed by atoms with van der Waals surface area (Å²) in [6.45, 7) is 9.18. The summed E-state index contributed by atoms with van der Waals surface area (Å²) in [5.74, 6) is 0.439. The summed E-state index contributed by atoms with van der Waals surface area (Å²) in [6.07, 6.45) is -0.797. The molecule has 4 atom stereocenters. The van der Waals surface area contributed by atoms with Crippen molar-refractivity contribution in [2.75, 3.05) is 34.5 Å². The third kappa shape index (κ3) is 9.15. The van der Waals surface area contributed by atoms with Crippen molar-refractivity contribution < 1.29 is 37.5 Å². The zero-order valence-electron chi connectivity index (χ0n) is 33.6. The number of nitriles is 1. The zero-order chi connectivity index (χ0) is 41.3. The van der Waals surface area contributed by atoms with Gasteiger partial charge in [0.05, 0.1) is 47.0 Å². The number of hydrogen-bond donors (Lipinski definition) is 1. The third-order valence-corrected chi connectivity index (χ3v) is 12.0. The highest BCUT2D eigenvalue weighted by atomic mass is 31.2. The van der Waals surface area contributed by atoms with Crippen LogP contribution >= 0.6 is 8.53 Å². The molecule has 15 heteroatoms. The first-order valence-corrected chi connectivity index (χ1v) is 19.8. The Labute approximate surface area is 334 Å². The number of carbonyl (C=O) groups is 1. The average Bonchev–Trinajstić information content (AvgIpc) is 3.58. The Morgan fingerprint density at radius 2 is 1.51 bits per heavy atom. The highest BCUT2D eigenvalue weighted by molar-refractivity contribution is 7.44. The Bertz CT molecular complexity index is 2050. The predicted molar refractivity (Wildman–Crippen MR) is 214 cm³/mol. The number of methoxy groups -OCH3 is 3. The Balaban J connectivity index is 1.73. The number of H-pyrrole nitrogens is 1. The first-order chi connectivity index (χ1) is 27.3. The molecule has 57 heavy (non-hydrogen) atoms. The Kier molecular flexibility index (Phi) is 14.5. The van der Waals surface area contributed by atoms with Crippen LogP contribution in [-0.2, 0) is 33.7 Å². The van der Waals surface area contributed by atoms with Gasteiger partial charge in [-0.25, -0.2) is 14.3 Å². The van der Waals surface area contributed by atoms with Crippen LogP contribution in [0, 0.1) is 18.3 Å². The van der Waals surface area contributed by atoms with Gasteiger partial charge >= 0.3 is 11.7 Å². The van der Waals surface area contributed by atoms with Crippen LogP contribution in [0.5, 0.6) is 11.5 Å². The molecule has 0 bridgehead atoms. The van der Waals surface area contributed by atoms with Crippen LogP contribution < -0.4 is 20.7 Å². The SMILES string of the molecule is COC(=O)[C@]1(COC(c2ccccc2)(c2ccc(OC)cc2)c2ccc(OC)cc2)O[C@@H](n2cc(C)c(=O)[nH]c2=O)C[C@@H]1OP(OCCC#N)N(C(C)C)C(C)C. The minimum Gasteiger partial charge on any atom is -0.497 e. The summed E-state index contributed by atoms with van der Waals surface area (Å²) in [4.78, 5) is 42.7. The maximum atomic E-state index is 14.5. The van der Waals surface area contributed by atoms with E-state index in [-0.39, 0.29) is 37.1 Å². The highest BCUT2D eigenvalue weighted by Crippen LogP contribution is 2.53. The summed E-state index contributed by atoms with van der Waals surface area (Å²) in [5.41, 5.74) is -2.28. The molecule has 0 saturated carbocycles. The lowest BCUT2D eigenvalue weighted by atomic mass is 9.79. The van der Waals surface area contributed by atoms with Crippen LogP contribution in [0.4, 0.5) is 0 Å². The van der Waals surface area contributed by atoms with Crippen LogP contribution in [0.15, 0.2) is 94.6 Å². The molecule has 1 saturated heterocycles. The van der Waals surface area contributed by atoms with Crippen LogP contribution in [0.3, 0.4) is 0 Å². The van der Waals surface area contributed by atoms with E-state index in [1.54, 1.807) is 21.1 Å². The lowest BCUT2D eigenvalue weighted by Crippen LogP contribution is -2.55. The first-order valence-electron chi connectivity index (χ1n) is 18.7. The fourth-order valence-corrected chi connectivity index (χ4v) is 8.85. The number of hydrogen-bond acceptors (Lipinski definition) is 12. The summed E-state index contributed by atoms with van der Waals surface area (Å²) in [5, 5.41) is 9.38. The smallest absolute Gasteiger partial charge is 0.343 e. The largest absolute Gasteiger partial charge is 0.497 e. The number of benzene rings is 3. The molecule has 1 aromatic heterocycles. The standard InChI is InChI=1S/C42H51N4O10P/c1-28(2)46(29(3)4)57(54-24-12-23-43)56-36-25-37(45-26-30(5)38(47)44-40(45)49)55-41(36,39(48)52-8)27-53-42(31-13-10-9-11-14-31,32-15-19-34(50-6)20-16-32)33-17-21-35(51-7)22-18-33/h9-11,13-22,26,28-29,36-37H,12,24-25,27H2,1-8H3,(H,44,47,49)/t36-,37+,41+,57?/m0/s1. The van der Waals surface area contributed by atoms with Gasteiger partial charge in [-0.3, -0.25) is 14.3 Å². The molecule has 1 aliphatic heterocycles. The molecule has 0 aliphatic carbocycles. The molecule has 4 aromatic rings. The van der Waals surface area contributed by atoms with Gasteiger partial charge in [0.25, 0.3) is 14.1 Å². The number of nitrogens with one attached hydrogen (secondary N) is 1. The van der Waals surface area contributed by atoms with Crippen LogP contribution in [0.2, 0.25) is 0 Å². The molecular weight excluding hydrogens is 751 g/mol. The maximum absolute atomic E-state index is 14.5. The molecule has 3 aromatic carbocycles. The summed E-state index contributed by atoms with van der Waals surface area (Å²) >= 11 is 0. The molecule has 304 valence electrons. The number of ether oxygens (including phenoxy) is 5. The van der Waals surface area contributed by atoms with E-state index < -0.39 is 55.9 Å². The van der Waals surface area contributed by atoms with Gasteiger partial charge < -0.3 is 32.7 Å². The normalized spacial score (nSPS) is 18.8.